The van der Waals surface area contributed by atoms with E-state index in [0.29, 0.717) is 11.1 Å². The molecule has 0 N–H and O–H groups in total. The quantitative estimate of drug-likeness (QED) is 0.744. The standard InChI is InChI=1S/C13H23ClN4/c1-10(2)9-18(7-6-17(4)5)13-8-12(14)15-11(3)16-13/h8,10H,6-7,9H2,1-5H3. The van der Waals surface area contributed by atoms with Crippen molar-refractivity contribution in [3.63, 3.8) is 0 Å². The Morgan fingerprint density at radius 3 is 2.39 bits per heavy atom. The van der Waals surface area contributed by atoms with Crippen molar-refractivity contribution in [1.82, 2.24) is 14.9 Å². The molecule has 1 rings (SSSR count). The lowest BCUT2D eigenvalue weighted by Gasteiger charge is -2.27. The van der Waals surface area contributed by atoms with Crippen LogP contribution in [0.15, 0.2) is 6.07 Å². The third-order valence-corrected chi connectivity index (χ3v) is 2.71. The van der Waals surface area contributed by atoms with Crippen LogP contribution in [0.2, 0.25) is 5.15 Å². The SMILES string of the molecule is Cc1nc(Cl)cc(N(CCN(C)C)CC(C)C)n1. The molecule has 102 valence electrons. The normalized spacial score (nSPS) is 11.3. The highest BCUT2D eigenvalue weighted by atomic mass is 35.5. The van der Waals surface area contributed by atoms with Crippen LogP contribution in [0.1, 0.15) is 19.7 Å². The van der Waals surface area contributed by atoms with Crippen LogP contribution in [0.5, 0.6) is 0 Å². The summed E-state index contributed by atoms with van der Waals surface area (Å²) >= 11 is 6.01. The molecule has 0 saturated carbocycles. The van der Waals surface area contributed by atoms with Crippen LogP contribution in [0.4, 0.5) is 5.82 Å². The van der Waals surface area contributed by atoms with Crippen LogP contribution >= 0.6 is 11.6 Å². The van der Waals surface area contributed by atoms with E-state index in [-0.39, 0.29) is 0 Å². The predicted octanol–water partition coefficient (Wildman–Crippen LogP) is 2.46. The summed E-state index contributed by atoms with van der Waals surface area (Å²) in [6.07, 6.45) is 0. The first-order valence-corrected chi connectivity index (χ1v) is 6.67. The highest BCUT2D eigenvalue weighted by Crippen LogP contribution is 2.17. The van der Waals surface area contributed by atoms with Gasteiger partial charge in [-0.15, -0.1) is 0 Å². The number of hydrogen-bond acceptors (Lipinski definition) is 4. The molecule has 0 aliphatic heterocycles. The zero-order chi connectivity index (χ0) is 13.7. The maximum Gasteiger partial charge on any atom is 0.134 e. The fraction of sp³-hybridized carbons (Fsp3) is 0.692. The van der Waals surface area contributed by atoms with E-state index in [0.717, 1.165) is 31.3 Å². The Morgan fingerprint density at radius 1 is 1.22 bits per heavy atom. The van der Waals surface area contributed by atoms with E-state index in [4.69, 9.17) is 11.6 Å². The Kier molecular flexibility index (Phi) is 5.82. The summed E-state index contributed by atoms with van der Waals surface area (Å²) in [5.41, 5.74) is 0. The third kappa shape index (κ3) is 5.19. The molecule has 0 amide bonds. The lowest BCUT2D eigenvalue weighted by Crippen LogP contribution is -2.35. The van der Waals surface area contributed by atoms with Gasteiger partial charge in [-0.25, -0.2) is 9.97 Å². The maximum absolute atomic E-state index is 6.01. The van der Waals surface area contributed by atoms with E-state index in [1.165, 1.54) is 0 Å². The Hall–Kier alpha value is -0.870. The average Bonchev–Trinajstić information content (AvgIpc) is 2.22. The van der Waals surface area contributed by atoms with Crippen molar-refractivity contribution in [3.8, 4) is 0 Å². The number of hydrogen-bond donors (Lipinski definition) is 0. The minimum Gasteiger partial charge on any atom is -0.355 e. The highest BCUT2D eigenvalue weighted by Gasteiger charge is 2.12. The van der Waals surface area contributed by atoms with Crippen LogP contribution in [0.3, 0.4) is 0 Å². The summed E-state index contributed by atoms with van der Waals surface area (Å²) in [4.78, 5) is 13.0. The summed E-state index contributed by atoms with van der Waals surface area (Å²) in [6.45, 7) is 9.19. The zero-order valence-corrected chi connectivity index (χ0v) is 12.7. The van der Waals surface area contributed by atoms with Gasteiger partial charge in [0.2, 0.25) is 0 Å². The molecule has 1 aromatic rings. The molecule has 0 atom stereocenters. The van der Waals surface area contributed by atoms with Gasteiger partial charge in [0.05, 0.1) is 0 Å². The second-order valence-electron chi connectivity index (χ2n) is 5.24. The minimum absolute atomic E-state index is 0.510. The highest BCUT2D eigenvalue weighted by molar-refractivity contribution is 6.29. The predicted molar refractivity (Wildman–Crippen MR) is 77.4 cm³/mol. The van der Waals surface area contributed by atoms with Gasteiger partial charge >= 0.3 is 0 Å². The van der Waals surface area contributed by atoms with Crippen LogP contribution in [-0.4, -0.2) is 48.6 Å². The molecule has 1 heterocycles. The second kappa shape index (κ2) is 6.90. The van der Waals surface area contributed by atoms with E-state index in [1.54, 1.807) is 0 Å². The van der Waals surface area contributed by atoms with E-state index < -0.39 is 0 Å². The van der Waals surface area contributed by atoms with Crippen molar-refractivity contribution in [2.45, 2.75) is 20.8 Å². The number of aromatic nitrogens is 2. The zero-order valence-electron chi connectivity index (χ0n) is 11.9. The first kappa shape index (κ1) is 15.2. The number of aryl methyl sites for hydroxylation is 1. The molecule has 0 aromatic carbocycles. The van der Waals surface area contributed by atoms with Gasteiger partial charge in [-0.1, -0.05) is 25.4 Å². The average molecular weight is 271 g/mol. The fourth-order valence-corrected chi connectivity index (χ4v) is 1.96. The molecule has 4 nitrogen and oxygen atoms in total. The van der Waals surface area contributed by atoms with Crippen molar-refractivity contribution >= 4 is 17.4 Å². The molecular weight excluding hydrogens is 248 g/mol. The monoisotopic (exact) mass is 270 g/mol. The third-order valence-electron chi connectivity index (χ3n) is 2.52. The van der Waals surface area contributed by atoms with Gasteiger partial charge in [-0.2, -0.15) is 0 Å². The lowest BCUT2D eigenvalue weighted by molar-refractivity contribution is 0.408. The van der Waals surface area contributed by atoms with Crippen molar-refractivity contribution in [2.24, 2.45) is 5.92 Å². The van der Waals surface area contributed by atoms with Gasteiger partial charge < -0.3 is 9.80 Å². The maximum atomic E-state index is 6.01. The van der Waals surface area contributed by atoms with Gasteiger partial charge in [-0.05, 0) is 26.9 Å². The summed E-state index contributed by atoms with van der Waals surface area (Å²) in [5.74, 6) is 2.22. The molecule has 0 aliphatic rings. The summed E-state index contributed by atoms with van der Waals surface area (Å²) < 4.78 is 0. The Morgan fingerprint density at radius 2 is 1.89 bits per heavy atom. The summed E-state index contributed by atoms with van der Waals surface area (Å²) in [7, 11) is 4.15. The van der Waals surface area contributed by atoms with Crippen molar-refractivity contribution in [3.05, 3.63) is 17.0 Å². The lowest BCUT2D eigenvalue weighted by atomic mass is 10.2. The molecule has 1 aromatic heterocycles. The Balaban J connectivity index is 2.86. The molecule has 0 saturated heterocycles. The van der Waals surface area contributed by atoms with Crippen LogP contribution in [-0.2, 0) is 0 Å². The first-order chi connectivity index (χ1) is 8.38. The van der Waals surface area contributed by atoms with Crippen LogP contribution < -0.4 is 4.90 Å². The first-order valence-electron chi connectivity index (χ1n) is 6.29. The van der Waals surface area contributed by atoms with Gasteiger partial charge in [0.1, 0.15) is 16.8 Å². The van der Waals surface area contributed by atoms with Gasteiger partial charge in [-0.3, -0.25) is 0 Å². The van der Waals surface area contributed by atoms with E-state index in [2.05, 4.69) is 47.7 Å². The van der Waals surface area contributed by atoms with Crippen LogP contribution in [0, 0.1) is 12.8 Å². The molecule has 0 spiro atoms. The van der Waals surface area contributed by atoms with Gasteiger partial charge in [0.25, 0.3) is 0 Å². The van der Waals surface area contributed by atoms with E-state index >= 15 is 0 Å². The number of likely N-dealkylation sites (N-methyl/N-ethyl adjacent to an activating group) is 1. The van der Waals surface area contributed by atoms with E-state index in [1.807, 2.05) is 13.0 Å². The molecule has 0 fully saturated rings. The number of rotatable bonds is 6. The minimum atomic E-state index is 0.510. The fourth-order valence-electron chi connectivity index (χ4n) is 1.74. The van der Waals surface area contributed by atoms with Crippen molar-refractivity contribution in [2.75, 3.05) is 38.6 Å². The number of anilines is 1. The molecule has 0 aliphatic carbocycles. The van der Waals surface area contributed by atoms with Gasteiger partial charge in [0.15, 0.2) is 0 Å². The van der Waals surface area contributed by atoms with Gasteiger partial charge in [0, 0.05) is 25.7 Å². The molecule has 18 heavy (non-hydrogen) atoms. The van der Waals surface area contributed by atoms with Crippen molar-refractivity contribution in [1.29, 1.82) is 0 Å². The largest absolute Gasteiger partial charge is 0.355 e. The molecule has 0 radical (unpaired) electrons. The van der Waals surface area contributed by atoms with E-state index in [9.17, 15) is 0 Å². The molecular formula is C13H23ClN4. The van der Waals surface area contributed by atoms with Crippen LogP contribution in [0.25, 0.3) is 0 Å². The summed E-state index contributed by atoms with van der Waals surface area (Å²) in [6, 6.07) is 1.84. The summed E-state index contributed by atoms with van der Waals surface area (Å²) in [5, 5.41) is 0.510. The number of halogens is 1. The second-order valence-corrected chi connectivity index (χ2v) is 5.63. The molecule has 0 unspecified atom stereocenters. The Bertz CT molecular complexity index is 359. The van der Waals surface area contributed by atoms with Crippen molar-refractivity contribution < 1.29 is 0 Å². The molecule has 5 heteroatoms. The smallest absolute Gasteiger partial charge is 0.134 e. The number of nitrogens with zero attached hydrogens (tertiary/aromatic N) is 4. The topological polar surface area (TPSA) is 32.3 Å². The molecule has 0 bridgehead atoms. The Labute approximate surface area is 115 Å².